The number of aromatic nitrogens is 2. The van der Waals surface area contributed by atoms with Crippen LogP contribution in [0.15, 0.2) is 23.8 Å². The van der Waals surface area contributed by atoms with Crippen molar-refractivity contribution < 1.29 is 4.79 Å². The number of nitrogens with zero attached hydrogens (tertiary/aromatic N) is 2. The Bertz CT molecular complexity index is 609. The van der Waals surface area contributed by atoms with E-state index in [2.05, 4.69) is 20.7 Å². The Morgan fingerprint density at radius 2 is 2.15 bits per heavy atom. The number of nitrogen functional groups attached to an aromatic ring is 1. The van der Waals surface area contributed by atoms with Crippen LogP contribution in [0.2, 0.25) is 0 Å². The zero-order chi connectivity index (χ0) is 14.8. The number of nitrogens with two attached hydrogens (primary N) is 1. The third-order valence-corrected chi connectivity index (χ3v) is 3.93. The largest absolute Gasteiger partial charge is 0.341 e. The topological polar surface area (TPSA) is 92.9 Å². The van der Waals surface area contributed by atoms with Crippen molar-refractivity contribution in [1.82, 2.24) is 15.3 Å². The van der Waals surface area contributed by atoms with Crippen molar-refractivity contribution in [2.24, 2.45) is 5.84 Å². The maximum atomic E-state index is 12.4. The minimum Gasteiger partial charge on any atom is -0.341 e. The first-order valence-electron chi connectivity index (χ1n) is 6.10. The van der Waals surface area contributed by atoms with Gasteiger partial charge in [0.1, 0.15) is 5.01 Å². The summed E-state index contributed by atoms with van der Waals surface area (Å²) in [5, 5.41) is 5.66. The van der Waals surface area contributed by atoms with Crippen molar-refractivity contribution in [3.63, 3.8) is 0 Å². The van der Waals surface area contributed by atoms with E-state index in [1.54, 1.807) is 12.3 Å². The van der Waals surface area contributed by atoms with Crippen LogP contribution in [0.4, 0.5) is 5.69 Å². The number of hydrazine groups is 1. The van der Waals surface area contributed by atoms with Crippen LogP contribution < -0.4 is 16.6 Å². The van der Waals surface area contributed by atoms with Crippen molar-refractivity contribution in [1.29, 1.82) is 0 Å². The highest BCUT2D eigenvalue weighted by Crippen LogP contribution is 2.23. The summed E-state index contributed by atoms with van der Waals surface area (Å²) in [5.41, 5.74) is 3.71. The molecule has 20 heavy (non-hydrogen) atoms. The fourth-order valence-electron chi connectivity index (χ4n) is 1.80. The van der Waals surface area contributed by atoms with Crippen LogP contribution in [0.1, 0.15) is 34.9 Å². The molecule has 0 atom stereocenters. The first-order valence-corrected chi connectivity index (χ1v) is 6.98. The number of amides is 1. The summed E-state index contributed by atoms with van der Waals surface area (Å²) in [7, 11) is 0. The van der Waals surface area contributed by atoms with Gasteiger partial charge in [0, 0.05) is 23.5 Å². The van der Waals surface area contributed by atoms with Crippen molar-refractivity contribution >= 4 is 22.9 Å². The van der Waals surface area contributed by atoms with Crippen LogP contribution in [0.3, 0.4) is 0 Å². The Balaban J connectivity index is 2.25. The van der Waals surface area contributed by atoms with Crippen LogP contribution in [0.25, 0.3) is 0 Å². The lowest BCUT2D eigenvalue weighted by Crippen LogP contribution is -2.41. The van der Waals surface area contributed by atoms with Gasteiger partial charge in [-0.1, -0.05) is 0 Å². The second-order valence-electron chi connectivity index (χ2n) is 4.93. The fourth-order valence-corrected chi connectivity index (χ4v) is 2.51. The van der Waals surface area contributed by atoms with E-state index in [0.717, 1.165) is 10.7 Å². The van der Waals surface area contributed by atoms with Gasteiger partial charge in [-0.2, -0.15) is 0 Å². The molecule has 2 rings (SSSR count). The van der Waals surface area contributed by atoms with Gasteiger partial charge in [-0.05, 0) is 26.8 Å². The summed E-state index contributed by atoms with van der Waals surface area (Å²) >= 11 is 1.50. The lowest BCUT2D eigenvalue weighted by Gasteiger charge is -2.24. The molecule has 0 fully saturated rings. The first kappa shape index (κ1) is 14.4. The Morgan fingerprint density at radius 3 is 2.75 bits per heavy atom. The average molecular weight is 291 g/mol. The third-order valence-electron chi connectivity index (χ3n) is 2.83. The van der Waals surface area contributed by atoms with E-state index in [1.165, 1.54) is 17.5 Å². The van der Waals surface area contributed by atoms with Gasteiger partial charge in [0.25, 0.3) is 5.91 Å². The molecule has 0 spiro atoms. The zero-order valence-corrected chi connectivity index (χ0v) is 12.4. The number of thiazole rings is 1. The van der Waals surface area contributed by atoms with E-state index in [-0.39, 0.29) is 5.91 Å². The summed E-state index contributed by atoms with van der Waals surface area (Å²) in [6.07, 6.45) is 3.23. The lowest BCUT2D eigenvalue weighted by molar-refractivity contribution is 0.0912. The van der Waals surface area contributed by atoms with Crippen LogP contribution in [-0.4, -0.2) is 15.9 Å². The molecule has 0 bridgehead atoms. The Morgan fingerprint density at radius 1 is 1.40 bits per heavy atom. The lowest BCUT2D eigenvalue weighted by atomic mass is 10.1. The molecule has 106 valence electrons. The second kappa shape index (κ2) is 5.56. The van der Waals surface area contributed by atoms with Crippen molar-refractivity contribution in [2.45, 2.75) is 26.3 Å². The van der Waals surface area contributed by atoms with Gasteiger partial charge < -0.3 is 10.7 Å². The van der Waals surface area contributed by atoms with Crippen LogP contribution in [-0.2, 0) is 5.54 Å². The zero-order valence-electron chi connectivity index (χ0n) is 11.6. The molecule has 2 aromatic rings. The number of nitrogens with one attached hydrogen (secondary N) is 2. The summed E-state index contributed by atoms with van der Waals surface area (Å²) in [4.78, 5) is 20.7. The molecule has 0 saturated heterocycles. The predicted molar refractivity (Wildman–Crippen MR) is 79.4 cm³/mol. The molecule has 7 heteroatoms. The van der Waals surface area contributed by atoms with Gasteiger partial charge >= 0.3 is 0 Å². The fraction of sp³-hybridized carbons (Fsp3) is 0.308. The highest BCUT2D eigenvalue weighted by atomic mass is 32.1. The van der Waals surface area contributed by atoms with Crippen molar-refractivity contribution in [3.05, 3.63) is 40.1 Å². The predicted octanol–water partition coefficient (Wildman–Crippen LogP) is 1.80. The monoisotopic (exact) mass is 291 g/mol. The third kappa shape index (κ3) is 2.94. The smallest absolute Gasteiger partial charge is 0.255 e. The van der Waals surface area contributed by atoms with Crippen LogP contribution >= 0.6 is 11.3 Å². The van der Waals surface area contributed by atoms with Gasteiger partial charge in [0.2, 0.25) is 0 Å². The molecule has 0 saturated carbocycles. The highest BCUT2D eigenvalue weighted by molar-refractivity contribution is 7.09. The Labute approximate surface area is 121 Å². The molecule has 6 nitrogen and oxygen atoms in total. The summed E-state index contributed by atoms with van der Waals surface area (Å²) in [6.45, 7) is 5.64. The molecule has 0 aromatic carbocycles. The van der Waals surface area contributed by atoms with Crippen LogP contribution in [0.5, 0.6) is 0 Å². The van der Waals surface area contributed by atoms with Gasteiger partial charge in [0.05, 0.1) is 16.8 Å². The van der Waals surface area contributed by atoms with E-state index in [0.29, 0.717) is 11.3 Å². The second-order valence-corrected chi connectivity index (χ2v) is 5.83. The minimum absolute atomic E-state index is 0.245. The van der Waals surface area contributed by atoms with Gasteiger partial charge in [-0.25, -0.2) is 4.98 Å². The SMILES string of the molecule is Cc1cc(NN)c(C(=O)NC(C)(C)c2nccs2)cn1. The van der Waals surface area contributed by atoms with Gasteiger partial charge in [-0.15, -0.1) is 11.3 Å². The normalized spacial score (nSPS) is 11.2. The minimum atomic E-state index is -0.554. The summed E-state index contributed by atoms with van der Waals surface area (Å²) in [6, 6.07) is 1.73. The van der Waals surface area contributed by atoms with Gasteiger partial charge in [-0.3, -0.25) is 15.6 Å². The van der Waals surface area contributed by atoms with Crippen molar-refractivity contribution in [3.8, 4) is 0 Å². The maximum Gasteiger partial charge on any atom is 0.255 e. The molecule has 1 amide bonds. The van der Waals surface area contributed by atoms with Crippen LogP contribution in [0, 0.1) is 6.92 Å². The Kier molecular flexibility index (Phi) is 4.01. The number of hydrogen-bond donors (Lipinski definition) is 3. The maximum absolute atomic E-state index is 12.4. The molecule has 0 radical (unpaired) electrons. The van der Waals surface area contributed by atoms with Gasteiger partial charge in [0.15, 0.2) is 0 Å². The molecule has 0 aliphatic carbocycles. The average Bonchev–Trinajstić information content (AvgIpc) is 2.92. The molecule has 0 aliphatic rings. The molecule has 0 unspecified atom stereocenters. The molecule has 2 heterocycles. The summed E-state index contributed by atoms with van der Waals surface area (Å²) < 4.78 is 0. The molecule has 2 aromatic heterocycles. The van der Waals surface area contributed by atoms with E-state index in [9.17, 15) is 4.79 Å². The van der Waals surface area contributed by atoms with E-state index in [1.807, 2.05) is 26.2 Å². The standard InChI is InChI=1S/C13H17N5OS/c1-8-6-10(18-14)9(7-16-8)11(19)17-13(2,3)12-15-4-5-20-12/h4-7H,14H2,1-3H3,(H,16,18)(H,17,19). The Hall–Kier alpha value is -1.99. The van der Waals surface area contributed by atoms with E-state index >= 15 is 0 Å². The number of pyridine rings is 1. The summed E-state index contributed by atoms with van der Waals surface area (Å²) in [5.74, 6) is 5.20. The van der Waals surface area contributed by atoms with Crippen molar-refractivity contribution in [2.75, 3.05) is 5.43 Å². The van der Waals surface area contributed by atoms with E-state index < -0.39 is 5.54 Å². The highest BCUT2D eigenvalue weighted by Gasteiger charge is 2.27. The quantitative estimate of drug-likeness (QED) is 0.590. The molecule has 0 aliphatic heterocycles. The van der Waals surface area contributed by atoms with E-state index in [4.69, 9.17) is 5.84 Å². The first-order chi connectivity index (χ1) is 9.44. The molecular weight excluding hydrogens is 274 g/mol. The number of carbonyl (C=O) groups excluding carboxylic acids is 1. The number of hydrogen-bond acceptors (Lipinski definition) is 6. The number of anilines is 1. The number of carbonyl (C=O) groups is 1. The molecular formula is C13H17N5OS. The molecule has 4 N–H and O–H groups in total. The number of aryl methyl sites for hydroxylation is 1. The number of rotatable bonds is 4.